The van der Waals surface area contributed by atoms with Crippen molar-refractivity contribution in [3.63, 3.8) is 0 Å². The molecule has 0 saturated carbocycles. The SMILES string of the molecule is CC(=O)N[C@@H]1CC[C@H](Oc2ccc(C(F)(F)F)cc2)c2ncc(Cl)cc21. The molecule has 0 spiro atoms. The van der Waals surface area contributed by atoms with Crippen LogP contribution in [0.5, 0.6) is 5.75 Å². The zero-order valence-corrected chi connectivity index (χ0v) is 14.6. The van der Waals surface area contributed by atoms with Gasteiger partial charge in [0.05, 0.1) is 22.3 Å². The molecule has 0 fully saturated rings. The largest absolute Gasteiger partial charge is 0.484 e. The quantitative estimate of drug-likeness (QED) is 0.823. The standard InChI is InChI=1S/C18H16ClF3N2O2/c1-10(25)24-15-6-7-16(17-14(15)8-12(19)9-23-17)26-13-4-2-11(3-5-13)18(20,21)22/h2-5,8-9,15-16H,6-7H2,1H3,(H,24,25)/t15-,16+/m1/s1. The van der Waals surface area contributed by atoms with Crippen molar-refractivity contribution in [2.24, 2.45) is 0 Å². The van der Waals surface area contributed by atoms with Gasteiger partial charge >= 0.3 is 6.18 Å². The highest BCUT2D eigenvalue weighted by Gasteiger charge is 2.32. The van der Waals surface area contributed by atoms with Crippen LogP contribution in [0.4, 0.5) is 13.2 Å². The first-order chi connectivity index (χ1) is 12.2. The Kier molecular flexibility index (Phi) is 5.09. The molecule has 8 heteroatoms. The van der Waals surface area contributed by atoms with Crippen LogP contribution >= 0.6 is 11.6 Å². The fraction of sp³-hybridized carbons (Fsp3) is 0.333. The van der Waals surface area contributed by atoms with Gasteiger partial charge in [0.15, 0.2) is 0 Å². The molecule has 0 radical (unpaired) electrons. The van der Waals surface area contributed by atoms with Crippen molar-refractivity contribution in [2.75, 3.05) is 0 Å². The van der Waals surface area contributed by atoms with Crippen molar-refractivity contribution in [3.05, 3.63) is 58.4 Å². The van der Waals surface area contributed by atoms with Gasteiger partial charge in [-0.2, -0.15) is 13.2 Å². The topological polar surface area (TPSA) is 51.2 Å². The number of fused-ring (bicyclic) bond motifs is 1. The summed E-state index contributed by atoms with van der Waals surface area (Å²) in [6, 6.07) is 6.05. The Bertz CT molecular complexity index is 809. The number of halogens is 4. The summed E-state index contributed by atoms with van der Waals surface area (Å²) < 4.78 is 43.8. The third kappa shape index (κ3) is 4.09. The number of amides is 1. The second-order valence-electron chi connectivity index (χ2n) is 6.09. The maximum Gasteiger partial charge on any atom is 0.416 e. The molecule has 1 heterocycles. The van der Waals surface area contributed by atoms with Crippen molar-refractivity contribution >= 4 is 17.5 Å². The van der Waals surface area contributed by atoms with E-state index in [9.17, 15) is 18.0 Å². The molecule has 26 heavy (non-hydrogen) atoms. The molecule has 1 aliphatic carbocycles. The minimum Gasteiger partial charge on any atom is -0.484 e. The van der Waals surface area contributed by atoms with E-state index in [1.165, 1.54) is 25.3 Å². The van der Waals surface area contributed by atoms with Gasteiger partial charge < -0.3 is 10.1 Å². The lowest BCUT2D eigenvalue weighted by atomic mass is 9.89. The van der Waals surface area contributed by atoms with E-state index in [2.05, 4.69) is 10.3 Å². The number of nitrogens with zero attached hydrogens (tertiary/aromatic N) is 1. The highest BCUT2D eigenvalue weighted by atomic mass is 35.5. The van der Waals surface area contributed by atoms with Gasteiger partial charge in [-0.05, 0) is 43.2 Å². The lowest BCUT2D eigenvalue weighted by molar-refractivity contribution is -0.137. The highest BCUT2D eigenvalue weighted by Crippen LogP contribution is 2.39. The van der Waals surface area contributed by atoms with Gasteiger partial charge in [0.25, 0.3) is 0 Å². The van der Waals surface area contributed by atoms with Gasteiger partial charge in [0.1, 0.15) is 11.9 Å². The summed E-state index contributed by atoms with van der Waals surface area (Å²) >= 11 is 6.02. The lowest BCUT2D eigenvalue weighted by Crippen LogP contribution is -2.31. The normalized spacial score (nSPS) is 19.6. The number of pyridine rings is 1. The summed E-state index contributed by atoms with van der Waals surface area (Å²) in [5.41, 5.74) is 0.652. The summed E-state index contributed by atoms with van der Waals surface area (Å²) in [5.74, 6) is 0.159. The van der Waals surface area contributed by atoms with Crippen LogP contribution in [0, 0.1) is 0 Å². The number of rotatable bonds is 3. The number of ether oxygens (including phenoxy) is 1. The molecule has 1 N–H and O–H groups in total. The first kappa shape index (κ1) is 18.5. The predicted octanol–water partition coefficient (Wildman–Crippen LogP) is 4.84. The molecule has 0 aliphatic heterocycles. The molecular formula is C18H16ClF3N2O2. The predicted molar refractivity (Wildman–Crippen MR) is 89.9 cm³/mol. The number of alkyl halides is 3. The van der Waals surface area contributed by atoms with Gasteiger partial charge in [0, 0.05) is 18.7 Å². The first-order valence-electron chi connectivity index (χ1n) is 8.00. The fourth-order valence-electron chi connectivity index (χ4n) is 3.02. The Hall–Kier alpha value is -2.28. The number of carbonyl (C=O) groups excluding carboxylic acids is 1. The van der Waals surface area contributed by atoms with Crippen molar-refractivity contribution in [1.29, 1.82) is 0 Å². The van der Waals surface area contributed by atoms with E-state index in [1.54, 1.807) is 6.07 Å². The lowest BCUT2D eigenvalue weighted by Gasteiger charge is -2.31. The summed E-state index contributed by atoms with van der Waals surface area (Å²) in [6.07, 6.45) is -2.16. The molecule has 3 rings (SSSR count). The number of aromatic nitrogens is 1. The van der Waals surface area contributed by atoms with E-state index >= 15 is 0 Å². The average molecular weight is 385 g/mol. The van der Waals surface area contributed by atoms with Gasteiger partial charge in [-0.25, -0.2) is 0 Å². The minimum absolute atomic E-state index is 0.164. The third-order valence-corrected chi connectivity index (χ3v) is 4.36. The average Bonchev–Trinajstić information content (AvgIpc) is 2.56. The number of hydrogen-bond donors (Lipinski definition) is 1. The highest BCUT2D eigenvalue weighted by molar-refractivity contribution is 6.30. The Balaban J connectivity index is 1.84. The molecule has 0 bridgehead atoms. The van der Waals surface area contributed by atoms with Gasteiger partial charge in [-0.1, -0.05) is 11.6 Å². The minimum atomic E-state index is -4.39. The monoisotopic (exact) mass is 384 g/mol. The van der Waals surface area contributed by atoms with E-state index in [1.807, 2.05) is 0 Å². The molecule has 1 aromatic carbocycles. The molecule has 2 aromatic rings. The van der Waals surface area contributed by atoms with Crippen LogP contribution in [0.15, 0.2) is 36.5 Å². The maximum absolute atomic E-state index is 12.7. The van der Waals surface area contributed by atoms with Crippen molar-refractivity contribution < 1.29 is 22.7 Å². The van der Waals surface area contributed by atoms with Crippen molar-refractivity contribution in [3.8, 4) is 5.75 Å². The van der Waals surface area contributed by atoms with Crippen LogP contribution in [-0.4, -0.2) is 10.9 Å². The summed E-state index contributed by atoms with van der Waals surface area (Å²) in [4.78, 5) is 15.7. The molecule has 4 nitrogen and oxygen atoms in total. The summed E-state index contributed by atoms with van der Waals surface area (Å²) in [5, 5.41) is 3.29. The first-order valence-corrected chi connectivity index (χ1v) is 8.38. The fourth-order valence-corrected chi connectivity index (χ4v) is 3.19. The summed E-state index contributed by atoms with van der Waals surface area (Å²) in [6.45, 7) is 1.43. The van der Waals surface area contributed by atoms with Crippen LogP contribution in [0.2, 0.25) is 5.02 Å². The zero-order valence-electron chi connectivity index (χ0n) is 13.8. The van der Waals surface area contributed by atoms with Crippen LogP contribution in [0.3, 0.4) is 0 Å². The van der Waals surface area contributed by atoms with Crippen LogP contribution in [-0.2, 0) is 11.0 Å². The molecule has 0 saturated heterocycles. The molecule has 1 aromatic heterocycles. The Morgan fingerprint density at radius 1 is 1.27 bits per heavy atom. The van der Waals surface area contributed by atoms with E-state index < -0.39 is 17.8 Å². The van der Waals surface area contributed by atoms with Crippen molar-refractivity contribution in [2.45, 2.75) is 38.1 Å². The van der Waals surface area contributed by atoms with Crippen LogP contribution < -0.4 is 10.1 Å². The number of nitrogens with one attached hydrogen (secondary N) is 1. The Labute approximate surface area is 153 Å². The van der Waals surface area contributed by atoms with Gasteiger partial charge in [-0.3, -0.25) is 9.78 Å². The number of hydrogen-bond acceptors (Lipinski definition) is 3. The Morgan fingerprint density at radius 2 is 1.96 bits per heavy atom. The van der Waals surface area contributed by atoms with E-state index in [4.69, 9.17) is 16.3 Å². The van der Waals surface area contributed by atoms with Crippen LogP contribution in [0.1, 0.15) is 48.7 Å². The van der Waals surface area contributed by atoms with E-state index in [0.29, 0.717) is 29.3 Å². The maximum atomic E-state index is 12.7. The third-order valence-electron chi connectivity index (χ3n) is 4.15. The van der Waals surface area contributed by atoms with Crippen molar-refractivity contribution in [1.82, 2.24) is 10.3 Å². The van der Waals surface area contributed by atoms with E-state index in [-0.39, 0.29) is 11.9 Å². The van der Waals surface area contributed by atoms with Gasteiger partial charge in [0.2, 0.25) is 5.91 Å². The van der Waals surface area contributed by atoms with Gasteiger partial charge in [-0.15, -0.1) is 0 Å². The van der Waals surface area contributed by atoms with Crippen LogP contribution in [0.25, 0.3) is 0 Å². The second kappa shape index (κ2) is 7.15. The molecule has 2 atom stereocenters. The molecular weight excluding hydrogens is 369 g/mol. The molecule has 0 unspecified atom stereocenters. The smallest absolute Gasteiger partial charge is 0.416 e. The molecule has 138 valence electrons. The molecule has 1 amide bonds. The number of carbonyl (C=O) groups is 1. The zero-order chi connectivity index (χ0) is 18.9. The second-order valence-corrected chi connectivity index (χ2v) is 6.52. The number of benzene rings is 1. The Morgan fingerprint density at radius 3 is 2.58 bits per heavy atom. The molecule has 1 aliphatic rings. The summed E-state index contributed by atoms with van der Waals surface area (Å²) in [7, 11) is 0. The van der Waals surface area contributed by atoms with E-state index in [0.717, 1.165) is 17.7 Å².